The van der Waals surface area contributed by atoms with Crippen LogP contribution in [-0.4, -0.2) is 50.6 Å². The molecule has 1 saturated heterocycles. The lowest BCUT2D eigenvalue weighted by atomic mass is 9.98. The van der Waals surface area contributed by atoms with Crippen LogP contribution in [0.25, 0.3) is 0 Å². The lowest BCUT2D eigenvalue weighted by molar-refractivity contribution is -0.159. The number of methoxy groups -OCH3 is 1. The van der Waals surface area contributed by atoms with Gasteiger partial charge < -0.3 is 15.0 Å². The van der Waals surface area contributed by atoms with Gasteiger partial charge >= 0.3 is 11.9 Å². The highest BCUT2D eigenvalue weighted by Crippen LogP contribution is 2.15. The Morgan fingerprint density at radius 1 is 1.53 bits per heavy atom. The van der Waals surface area contributed by atoms with Crippen LogP contribution in [0.4, 0.5) is 0 Å². The standard InChI is InChI=1S/C10H18N2O3/c1-11-6-8-4-3-5-12(7-8)9(13)10(14)15-2/h8,11H,3-7H2,1-2H3. The fourth-order valence-electron chi connectivity index (χ4n) is 1.92. The number of nitrogens with zero attached hydrogens (tertiary/aromatic N) is 1. The first-order valence-corrected chi connectivity index (χ1v) is 5.20. The molecule has 0 radical (unpaired) electrons. The summed E-state index contributed by atoms with van der Waals surface area (Å²) < 4.78 is 4.41. The summed E-state index contributed by atoms with van der Waals surface area (Å²) in [6.07, 6.45) is 2.06. The van der Waals surface area contributed by atoms with E-state index in [1.807, 2.05) is 7.05 Å². The van der Waals surface area contributed by atoms with Crippen molar-refractivity contribution < 1.29 is 14.3 Å². The molecule has 1 atom stereocenters. The molecular formula is C10H18N2O3. The molecule has 0 aliphatic carbocycles. The normalized spacial score (nSPS) is 21.2. The van der Waals surface area contributed by atoms with Crippen LogP contribution in [-0.2, 0) is 14.3 Å². The molecule has 1 rings (SSSR count). The summed E-state index contributed by atoms with van der Waals surface area (Å²) in [6.45, 7) is 2.19. The van der Waals surface area contributed by atoms with Crippen molar-refractivity contribution in [2.45, 2.75) is 12.8 Å². The van der Waals surface area contributed by atoms with E-state index in [1.54, 1.807) is 4.90 Å². The van der Waals surface area contributed by atoms with Crippen molar-refractivity contribution in [3.05, 3.63) is 0 Å². The molecule has 1 aliphatic rings. The fraction of sp³-hybridized carbons (Fsp3) is 0.800. The number of carbonyl (C=O) groups is 2. The summed E-state index contributed by atoms with van der Waals surface area (Å²) in [7, 11) is 3.12. The Hall–Kier alpha value is -1.10. The van der Waals surface area contributed by atoms with Crippen molar-refractivity contribution in [1.82, 2.24) is 10.2 Å². The minimum absolute atomic E-state index is 0.442. The van der Waals surface area contributed by atoms with Crippen molar-refractivity contribution in [1.29, 1.82) is 0 Å². The minimum atomic E-state index is -0.764. The van der Waals surface area contributed by atoms with Gasteiger partial charge in [0.25, 0.3) is 0 Å². The molecule has 0 bridgehead atoms. The van der Waals surface area contributed by atoms with E-state index in [-0.39, 0.29) is 0 Å². The summed E-state index contributed by atoms with van der Waals surface area (Å²) in [5.41, 5.74) is 0. The number of carbonyl (C=O) groups excluding carboxylic acids is 2. The monoisotopic (exact) mass is 214 g/mol. The summed E-state index contributed by atoms with van der Waals surface area (Å²) in [4.78, 5) is 24.1. The molecule has 5 nitrogen and oxygen atoms in total. The second-order valence-electron chi connectivity index (χ2n) is 3.81. The quantitative estimate of drug-likeness (QED) is 0.503. The zero-order valence-electron chi connectivity index (χ0n) is 9.28. The predicted octanol–water partition coefficient (Wildman–Crippen LogP) is -0.383. The van der Waals surface area contributed by atoms with E-state index < -0.39 is 11.9 Å². The van der Waals surface area contributed by atoms with Gasteiger partial charge in [0.15, 0.2) is 0 Å². The number of nitrogens with one attached hydrogen (secondary N) is 1. The van der Waals surface area contributed by atoms with Gasteiger partial charge in [-0.2, -0.15) is 0 Å². The van der Waals surface area contributed by atoms with Crippen molar-refractivity contribution >= 4 is 11.9 Å². The van der Waals surface area contributed by atoms with Gasteiger partial charge in [0.2, 0.25) is 0 Å². The smallest absolute Gasteiger partial charge is 0.396 e. The molecule has 1 unspecified atom stereocenters. The van der Waals surface area contributed by atoms with E-state index in [0.717, 1.165) is 19.4 Å². The Labute approximate surface area is 89.8 Å². The second-order valence-corrected chi connectivity index (χ2v) is 3.81. The summed E-state index contributed by atoms with van der Waals surface area (Å²) in [5.74, 6) is -0.837. The molecule has 1 fully saturated rings. The summed E-state index contributed by atoms with van der Waals surface area (Å²) >= 11 is 0. The maximum Gasteiger partial charge on any atom is 0.396 e. The van der Waals surface area contributed by atoms with Crippen LogP contribution in [0.1, 0.15) is 12.8 Å². The van der Waals surface area contributed by atoms with Crippen LogP contribution >= 0.6 is 0 Å². The predicted molar refractivity (Wildman–Crippen MR) is 55.2 cm³/mol. The first-order valence-electron chi connectivity index (χ1n) is 5.20. The fourth-order valence-corrected chi connectivity index (χ4v) is 1.92. The lowest BCUT2D eigenvalue weighted by Crippen LogP contribution is -2.45. The van der Waals surface area contributed by atoms with E-state index >= 15 is 0 Å². The van der Waals surface area contributed by atoms with E-state index in [9.17, 15) is 9.59 Å². The number of hydrogen-bond donors (Lipinski definition) is 1. The maximum atomic E-state index is 11.5. The van der Waals surface area contributed by atoms with E-state index in [1.165, 1.54) is 7.11 Å². The van der Waals surface area contributed by atoms with E-state index in [2.05, 4.69) is 10.1 Å². The molecule has 0 aromatic carbocycles. The third-order valence-corrected chi connectivity index (χ3v) is 2.66. The van der Waals surface area contributed by atoms with Gasteiger partial charge in [0, 0.05) is 13.1 Å². The minimum Gasteiger partial charge on any atom is -0.462 e. The molecule has 1 aliphatic heterocycles. The maximum absolute atomic E-state index is 11.5. The van der Waals surface area contributed by atoms with Gasteiger partial charge in [-0.25, -0.2) is 4.79 Å². The SMILES string of the molecule is CNCC1CCCN(C(=O)C(=O)OC)C1. The van der Waals surface area contributed by atoms with Gasteiger partial charge in [-0.15, -0.1) is 0 Å². The highest BCUT2D eigenvalue weighted by molar-refractivity contribution is 6.32. The molecule has 1 amide bonds. The average Bonchev–Trinajstić information content (AvgIpc) is 2.28. The molecule has 0 aromatic heterocycles. The van der Waals surface area contributed by atoms with Gasteiger partial charge in [-0.1, -0.05) is 0 Å². The number of likely N-dealkylation sites (tertiary alicyclic amines) is 1. The Bertz CT molecular complexity index is 241. The topological polar surface area (TPSA) is 58.6 Å². The highest BCUT2D eigenvalue weighted by Gasteiger charge is 2.27. The highest BCUT2D eigenvalue weighted by atomic mass is 16.5. The molecule has 0 saturated carbocycles. The Morgan fingerprint density at radius 2 is 2.27 bits per heavy atom. The van der Waals surface area contributed by atoms with Crippen LogP contribution in [0.5, 0.6) is 0 Å². The van der Waals surface area contributed by atoms with Crippen molar-refractivity contribution in [2.24, 2.45) is 5.92 Å². The van der Waals surface area contributed by atoms with Crippen LogP contribution in [0.3, 0.4) is 0 Å². The number of amides is 1. The second kappa shape index (κ2) is 5.70. The van der Waals surface area contributed by atoms with Crippen molar-refractivity contribution in [2.75, 3.05) is 33.8 Å². The number of piperidine rings is 1. The van der Waals surface area contributed by atoms with Crippen LogP contribution in [0.15, 0.2) is 0 Å². The molecule has 0 spiro atoms. The van der Waals surface area contributed by atoms with Gasteiger partial charge in [0.1, 0.15) is 0 Å². The molecule has 15 heavy (non-hydrogen) atoms. The van der Waals surface area contributed by atoms with Crippen molar-refractivity contribution in [3.8, 4) is 0 Å². The first kappa shape index (κ1) is 12.0. The average molecular weight is 214 g/mol. The van der Waals surface area contributed by atoms with Gasteiger partial charge in [0.05, 0.1) is 7.11 Å². The third kappa shape index (κ3) is 3.20. The summed E-state index contributed by atoms with van der Waals surface area (Å²) in [6, 6.07) is 0. The van der Waals surface area contributed by atoms with Gasteiger partial charge in [-0.05, 0) is 32.4 Å². The van der Waals surface area contributed by atoms with Crippen LogP contribution in [0, 0.1) is 5.92 Å². The Kier molecular flexibility index (Phi) is 4.55. The van der Waals surface area contributed by atoms with Crippen LogP contribution < -0.4 is 5.32 Å². The zero-order valence-corrected chi connectivity index (χ0v) is 9.28. The number of esters is 1. The van der Waals surface area contributed by atoms with Crippen LogP contribution in [0.2, 0.25) is 0 Å². The Morgan fingerprint density at radius 3 is 2.87 bits per heavy atom. The molecular weight excluding hydrogens is 196 g/mol. The molecule has 1 heterocycles. The summed E-state index contributed by atoms with van der Waals surface area (Å²) in [5, 5.41) is 3.09. The molecule has 86 valence electrons. The molecule has 0 aromatic rings. The van der Waals surface area contributed by atoms with E-state index in [0.29, 0.717) is 19.0 Å². The third-order valence-electron chi connectivity index (χ3n) is 2.66. The molecule has 1 N–H and O–H groups in total. The molecule has 5 heteroatoms. The van der Waals surface area contributed by atoms with Crippen molar-refractivity contribution in [3.63, 3.8) is 0 Å². The lowest BCUT2D eigenvalue weighted by Gasteiger charge is -2.31. The number of ether oxygens (including phenoxy) is 1. The zero-order chi connectivity index (χ0) is 11.3. The van der Waals surface area contributed by atoms with Gasteiger partial charge in [-0.3, -0.25) is 4.79 Å². The largest absolute Gasteiger partial charge is 0.462 e. The first-order chi connectivity index (χ1) is 7.19. The number of hydrogen-bond acceptors (Lipinski definition) is 4. The number of rotatable bonds is 2. The van der Waals surface area contributed by atoms with E-state index in [4.69, 9.17) is 0 Å². The Balaban J connectivity index is 2.48.